The molecule has 0 unspecified atom stereocenters. The Balaban J connectivity index is 1.48. The molecule has 3 heteroatoms. The molecule has 2 aromatic carbocycles. The van der Waals surface area contributed by atoms with Crippen molar-refractivity contribution in [3.05, 3.63) is 108 Å². The molecule has 0 radical (unpaired) electrons. The molecule has 3 aromatic rings. The van der Waals surface area contributed by atoms with Crippen LogP contribution in [0, 0.1) is 0 Å². The largest absolute Gasteiger partial charge is 0.350 e. The first-order chi connectivity index (χ1) is 12.4. The van der Waals surface area contributed by atoms with Crippen molar-refractivity contribution < 1.29 is 0 Å². The Morgan fingerprint density at radius 1 is 0.920 bits per heavy atom. The van der Waals surface area contributed by atoms with Gasteiger partial charge in [-0.25, -0.2) is 0 Å². The van der Waals surface area contributed by atoms with Gasteiger partial charge in [0.1, 0.15) is 0 Å². The van der Waals surface area contributed by atoms with Crippen molar-refractivity contribution in [2.75, 3.05) is 0 Å². The molecule has 0 saturated carbocycles. The van der Waals surface area contributed by atoms with Gasteiger partial charge in [-0.2, -0.15) is 5.10 Å². The van der Waals surface area contributed by atoms with E-state index in [1.807, 2.05) is 6.07 Å². The second kappa shape index (κ2) is 7.22. The third kappa shape index (κ3) is 3.89. The van der Waals surface area contributed by atoms with Gasteiger partial charge in [0, 0.05) is 25.4 Å². The number of H-pyrrole nitrogens is 1. The zero-order valence-electron chi connectivity index (χ0n) is 14.1. The normalized spacial score (nSPS) is 13.8. The lowest BCUT2D eigenvalue weighted by Crippen LogP contribution is -2.12. The van der Waals surface area contributed by atoms with Crippen LogP contribution in [-0.4, -0.2) is 15.1 Å². The van der Waals surface area contributed by atoms with Gasteiger partial charge in [0.15, 0.2) is 0 Å². The summed E-state index contributed by atoms with van der Waals surface area (Å²) in [5, 5.41) is 7.69. The van der Waals surface area contributed by atoms with Gasteiger partial charge >= 0.3 is 0 Å². The summed E-state index contributed by atoms with van der Waals surface area (Å²) in [5.74, 6) is 0. The SMILES string of the molecule is C1=CN(Cc2ccccc2)C=C(c2cc(Cc3ccccc3)n[nH]2)C1. The number of rotatable bonds is 5. The Morgan fingerprint density at radius 3 is 2.40 bits per heavy atom. The molecule has 2 heterocycles. The fraction of sp³-hybridized carbons (Fsp3) is 0.136. The molecule has 4 rings (SSSR count). The summed E-state index contributed by atoms with van der Waals surface area (Å²) in [5.41, 5.74) is 6.03. The van der Waals surface area contributed by atoms with Crippen LogP contribution in [0.25, 0.3) is 5.57 Å². The molecule has 25 heavy (non-hydrogen) atoms. The first kappa shape index (κ1) is 15.5. The van der Waals surface area contributed by atoms with Crippen molar-refractivity contribution in [2.24, 2.45) is 0 Å². The molecule has 1 aromatic heterocycles. The maximum Gasteiger partial charge on any atom is 0.0672 e. The zero-order chi connectivity index (χ0) is 16.9. The maximum absolute atomic E-state index is 4.49. The lowest BCUT2D eigenvalue weighted by Gasteiger charge is -2.21. The van der Waals surface area contributed by atoms with Gasteiger partial charge in [0.25, 0.3) is 0 Å². The number of aromatic nitrogens is 2. The van der Waals surface area contributed by atoms with Crippen molar-refractivity contribution in [1.29, 1.82) is 0 Å². The Bertz CT molecular complexity index is 876. The highest BCUT2D eigenvalue weighted by Gasteiger charge is 2.11. The van der Waals surface area contributed by atoms with Crippen LogP contribution in [-0.2, 0) is 13.0 Å². The predicted molar refractivity (Wildman–Crippen MR) is 102 cm³/mol. The molecule has 0 amide bonds. The smallest absolute Gasteiger partial charge is 0.0672 e. The molecule has 0 saturated heterocycles. The molecule has 0 spiro atoms. The lowest BCUT2D eigenvalue weighted by molar-refractivity contribution is 0.495. The van der Waals surface area contributed by atoms with Crippen LogP contribution in [0.5, 0.6) is 0 Å². The van der Waals surface area contributed by atoms with E-state index in [1.54, 1.807) is 0 Å². The van der Waals surface area contributed by atoms with Crippen molar-refractivity contribution >= 4 is 5.57 Å². The highest BCUT2D eigenvalue weighted by molar-refractivity contribution is 5.65. The predicted octanol–water partition coefficient (Wildman–Crippen LogP) is 4.76. The van der Waals surface area contributed by atoms with Crippen LogP contribution < -0.4 is 0 Å². The van der Waals surface area contributed by atoms with Crippen molar-refractivity contribution in [2.45, 2.75) is 19.4 Å². The average Bonchev–Trinajstić information content (AvgIpc) is 3.12. The highest BCUT2D eigenvalue weighted by atomic mass is 15.1. The fourth-order valence-electron chi connectivity index (χ4n) is 3.11. The molecule has 0 fully saturated rings. The minimum absolute atomic E-state index is 0.855. The minimum atomic E-state index is 0.855. The van der Waals surface area contributed by atoms with Gasteiger partial charge < -0.3 is 4.90 Å². The number of hydrogen-bond donors (Lipinski definition) is 1. The second-order valence-corrected chi connectivity index (χ2v) is 6.34. The molecule has 1 aliphatic rings. The van der Waals surface area contributed by atoms with Gasteiger partial charge in [-0.3, -0.25) is 5.10 Å². The quantitative estimate of drug-likeness (QED) is 0.732. The van der Waals surface area contributed by atoms with E-state index in [4.69, 9.17) is 0 Å². The summed E-state index contributed by atoms with van der Waals surface area (Å²) in [6.45, 7) is 0.881. The number of hydrogen-bond acceptors (Lipinski definition) is 2. The molecule has 0 bridgehead atoms. The third-order valence-corrected chi connectivity index (χ3v) is 4.37. The Morgan fingerprint density at radius 2 is 1.64 bits per heavy atom. The van der Waals surface area contributed by atoms with E-state index < -0.39 is 0 Å². The topological polar surface area (TPSA) is 31.9 Å². The molecule has 0 aliphatic carbocycles. The Hall–Kier alpha value is -3.07. The summed E-state index contributed by atoms with van der Waals surface area (Å²) >= 11 is 0. The molecule has 124 valence electrons. The van der Waals surface area contributed by atoms with Gasteiger partial charge in [-0.05, 0) is 29.2 Å². The van der Waals surface area contributed by atoms with E-state index in [0.717, 1.165) is 30.8 Å². The number of allylic oxidation sites excluding steroid dienone is 2. The standard InChI is InChI=1S/C22H21N3/c1-3-8-18(9-4-1)14-21-15-22(24-23-21)20-12-7-13-25(17-20)16-19-10-5-2-6-11-19/h1-11,13,15,17H,12,14,16H2,(H,23,24). The summed E-state index contributed by atoms with van der Waals surface area (Å²) in [6, 6.07) is 23.1. The third-order valence-electron chi connectivity index (χ3n) is 4.37. The lowest BCUT2D eigenvalue weighted by atomic mass is 10.1. The van der Waals surface area contributed by atoms with Crippen molar-refractivity contribution in [3.63, 3.8) is 0 Å². The van der Waals surface area contributed by atoms with Crippen LogP contribution in [0.4, 0.5) is 0 Å². The highest BCUT2D eigenvalue weighted by Crippen LogP contribution is 2.24. The fourth-order valence-corrected chi connectivity index (χ4v) is 3.11. The van der Waals surface area contributed by atoms with E-state index in [2.05, 4.69) is 94.2 Å². The summed E-state index contributed by atoms with van der Waals surface area (Å²) in [6.07, 6.45) is 8.35. The minimum Gasteiger partial charge on any atom is -0.350 e. The molecule has 0 atom stereocenters. The van der Waals surface area contributed by atoms with E-state index in [9.17, 15) is 0 Å². The van der Waals surface area contributed by atoms with Crippen LogP contribution >= 0.6 is 0 Å². The molecule has 1 aliphatic heterocycles. The first-order valence-corrected chi connectivity index (χ1v) is 8.62. The molecule has 1 N–H and O–H groups in total. The van der Waals surface area contributed by atoms with E-state index in [-0.39, 0.29) is 0 Å². The van der Waals surface area contributed by atoms with E-state index >= 15 is 0 Å². The second-order valence-electron chi connectivity index (χ2n) is 6.34. The maximum atomic E-state index is 4.49. The van der Waals surface area contributed by atoms with Crippen LogP contribution in [0.3, 0.4) is 0 Å². The number of benzene rings is 2. The van der Waals surface area contributed by atoms with Gasteiger partial charge in [0.05, 0.1) is 11.4 Å². The van der Waals surface area contributed by atoms with Gasteiger partial charge in [0.2, 0.25) is 0 Å². The Kier molecular flexibility index (Phi) is 4.46. The van der Waals surface area contributed by atoms with Crippen molar-refractivity contribution in [1.82, 2.24) is 15.1 Å². The van der Waals surface area contributed by atoms with Gasteiger partial charge in [-0.1, -0.05) is 66.7 Å². The number of aromatic amines is 1. The molecular formula is C22H21N3. The summed E-state index contributed by atoms with van der Waals surface area (Å²) in [7, 11) is 0. The zero-order valence-corrected chi connectivity index (χ0v) is 14.1. The van der Waals surface area contributed by atoms with Gasteiger partial charge in [-0.15, -0.1) is 0 Å². The molecule has 3 nitrogen and oxygen atoms in total. The van der Waals surface area contributed by atoms with Crippen molar-refractivity contribution in [3.8, 4) is 0 Å². The Labute approximate surface area is 148 Å². The number of nitrogens with zero attached hydrogens (tertiary/aromatic N) is 2. The van der Waals surface area contributed by atoms with Crippen LogP contribution in [0.1, 0.15) is 28.9 Å². The summed E-state index contributed by atoms with van der Waals surface area (Å²) in [4.78, 5) is 2.23. The average molecular weight is 327 g/mol. The number of nitrogens with one attached hydrogen (secondary N) is 1. The monoisotopic (exact) mass is 327 g/mol. The van der Waals surface area contributed by atoms with E-state index in [0.29, 0.717) is 0 Å². The van der Waals surface area contributed by atoms with Crippen LogP contribution in [0.2, 0.25) is 0 Å². The van der Waals surface area contributed by atoms with E-state index in [1.165, 1.54) is 16.7 Å². The van der Waals surface area contributed by atoms with Crippen LogP contribution in [0.15, 0.2) is 85.2 Å². The summed E-state index contributed by atoms with van der Waals surface area (Å²) < 4.78 is 0. The first-order valence-electron chi connectivity index (χ1n) is 8.62. The molecular weight excluding hydrogens is 306 g/mol.